The number of nitrogens with one attached hydrogen (secondary N) is 1. The van der Waals surface area contributed by atoms with E-state index in [0.29, 0.717) is 12.0 Å². The third kappa shape index (κ3) is 3.27. The van der Waals surface area contributed by atoms with Crippen LogP contribution in [0.15, 0.2) is 24.3 Å². The summed E-state index contributed by atoms with van der Waals surface area (Å²) in [5, 5.41) is 22.7. The molecule has 0 aliphatic heterocycles. The van der Waals surface area contributed by atoms with Crippen LogP contribution in [0.5, 0.6) is 0 Å². The van der Waals surface area contributed by atoms with Crippen LogP contribution >= 0.6 is 0 Å². The monoisotopic (exact) mass is 252 g/mol. The Balaban J connectivity index is 3.02. The lowest BCUT2D eigenvalue weighted by Crippen LogP contribution is -2.36. The van der Waals surface area contributed by atoms with Crippen LogP contribution in [-0.4, -0.2) is 22.0 Å². The van der Waals surface area contributed by atoms with E-state index in [1.165, 1.54) is 13.0 Å². The van der Waals surface area contributed by atoms with Crippen LogP contribution in [0.1, 0.15) is 31.9 Å². The number of hydrogen-bond acceptors (Lipinski definition) is 4. The maximum atomic E-state index is 10.9. The Morgan fingerprint density at radius 1 is 1.50 bits per heavy atom. The van der Waals surface area contributed by atoms with Crippen LogP contribution in [0.3, 0.4) is 0 Å². The third-order valence-corrected chi connectivity index (χ3v) is 2.74. The zero-order valence-electron chi connectivity index (χ0n) is 10.3. The number of nitrogens with zero attached hydrogens (tertiary/aromatic N) is 1. The summed E-state index contributed by atoms with van der Waals surface area (Å²) in [6.07, 6.45) is 0.572. The molecule has 0 aliphatic carbocycles. The molecule has 98 valence electrons. The van der Waals surface area contributed by atoms with Gasteiger partial charge in [-0.05, 0) is 13.3 Å². The summed E-state index contributed by atoms with van der Waals surface area (Å²) >= 11 is 0. The standard InChI is InChI=1S/C12H16N2O4/c1-3-10(13-8(2)12(15)16)9-6-4-5-7-11(9)14(17)18/h4-8,10,13H,3H2,1-2H3,(H,15,16). The number of benzene rings is 1. The molecule has 2 unspecified atom stereocenters. The van der Waals surface area contributed by atoms with E-state index in [9.17, 15) is 14.9 Å². The van der Waals surface area contributed by atoms with E-state index in [1.54, 1.807) is 18.2 Å². The molecule has 6 heteroatoms. The van der Waals surface area contributed by atoms with Gasteiger partial charge < -0.3 is 5.11 Å². The summed E-state index contributed by atoms with van der Waals surface area (Å²) in [7, 11) is 0. The predicted octanol–water partition coefficient (Wildman–Crippen LogP) is 2.11. The van der Waals surface area contributed by atoms with E-state index in [4.69, 9.17) is 5.11 Å². The smallest absolute Gasteiger partial charge is 0.320 e. The van der Waals surface area contributed by atoms with Crippen molar-refractivity contribution in [2.75, 3.05) is 0 Å². The predicted molar refractivity (Wildman–Crippen MR) is 66.4 cm³/mol. The fourth-order valence-electron chi connectivity index (χ4n) is 1.75. The second-order valence-corrected chi connectivity index (χ2v) is 4.00. The molecule has 2 atom stereocenters. The molecule has 1 aromatic carbocycles. The lowest BCUT2D eigenvalue weighted by atomic mass is 10.0. The first-order chi connectivity index (χ1) is 8.47. The molecule has 0 bridgehead atoms. The second-order valence-electron chi connectivity index (χ2n) is 4.00. The lowest BCUT2D eigenvalue weighted by molar-refractivity contribution is -0.385. The van der Waals surface area contributed by atoms with Gasteiger partial charge in [-0.15, -0.1) is 0 Å². The molecule has 1 rings (SSSR count). The minimum Gasteiger partial charge on any atom is -0.480 e. The van der Waals surface area contributed by atoms with E-state index in [2.05, 4.69) is 5.32 Å². The number of para-hydroxylation sites is 1. The van der Waals surface area contributed by atoms with Crippen molar-refractivity contribution < 1.29 is 14.8 Å². The van der Waals surface area contributed by atoms with Crippen molar-refractivity contribution in [3.8, 4) is 0 Å². The zero-order valence-corrected chi connectivity index (χ0v) is 10.3. The normalized spacial score (nSPS) is 13.9. The van der Waals surface area contributed by atoms with E-state index in [0.717, 1.165) is 0 Å². The molecule has 0 saturated heterocycles. The Morgan fingerprint density at radius 3 is 2.61 bits per heavy atom. The number of aliphatic carboxylic acids is 1. The van der Waals surface area contributed by atoms with Crippen LogP contribution in [0.4, 0.5) is 5.69 Å². The van der Waals surface area contributed by atoms with Crippen molar-refractivity contribution in [1.82, 2.24) is 5.32 Å². The van der Waals surface area contributed by atoms with Gasteiger partial charge in [-0.3, -0.25) is 20.2 Å². The van der Waals surface area contributed by atoms with Crippen LogP contribution < -0.4 is 5.32 Å². The molecule has 0 radical (unpaired) electrons. The fourth-order valence-corrected chi connectivity index (χ4v) is 1.75. The van der Waals surface area contributed by atoms with Crippen molar-refractivity contribution in [2.24, 2.45) is 0 Å². The third-order valence-electron chi connectivity index (χ3n) is 2.74. The quantitative estimate of drug-likeness (QED) is 0.597. The van der Waals surface area contributed by atoms with E-state index < -0.39 is 16.9 Å². The molecule has 1 aromatic rings. The van der Waals surface area contributed by atoms with Gasteiger partial charge in [0.1, 0.15) is 6.04 Å². The molecule has 0 fully saturated rings. The van der Waals surface area contributed by atoms with Gasteiger partial charge in [-0.2, -0.15) is 0 Å². The molecule has 0 spiro atoms. The molecule has 6 nitrogen and oxygen atoms in total. The van der Waals surface area contributed by atoms with Crippen LogP contribution in [0, 0.1) is 10.1 Å². The molecule has 0 saturated carbocycles. The average molecular weight is 252 g/mol. The van der Waals surface area contributed by atoms with Gasteiger partial charge in [0.15, 0.2) is 0 Å². The molecule has 0 aliphatic rings. The Labute approximate surface area is 105 Å². The molecular formula is C12H16N2O4. The van der Waals surface area contributed by atoms with Gasteiger partial charge in [0, 0.05) is 17.7 Å². The first-order valence-corrected chi connectivity index (χ1v) is 5.69. The van der Waals surface area contributed by atoms with Gasteiger partial charge in [-0.1, -0.05) is 25.1 Å². The molecule has 2 N–H and O–H groups in total. The first kappa shape index (κ1) is 14.1. The summed E-state index contributed by atoms with van der Waals surface area (Å²) in [6.45, 7) is 3.36. The lowest BCUT2D eigenvalue weighted by Gasteiger charge is -2.20. The second kappa shape index (κ2) is 6.11. The summed E-state index contributed by atoms with van der Waals surface area (Å²) in [6, 6.07) is 5.26. The molecular weight excluding hydrogens is 236 g/mol. The van der Waals surface area contributed by atoms with Crippen molar-refractivity contribution in [3.05, 3.63) is 39.9 Å². The highest BCUT2D eigenvalue weighted by Gasteiger charge is 2.23. The largest absolute Gasteiger partial charge is 0.480 e. The van der Waals surface area contributed by atoms with Crippen LogP contribution in [-0.2, 0) is 4.79 Å². The van der Waals surface area contributed by atoms with Gasteiger partial charge in [-0.25, -0.2) is 0 Å². The summed E-state index contributed by atoms with van der Waals surface area (Å²) in [5.74, 6) is -0.980. The first-order valence-electron chi connectivity index (χ1n) is 5.69. The highest BCUT2D eigenvalue weighted by atomic mass is 16.6. The Bertz CT molecular complexity index is 447. The van der Waals surface area contributed by atoms with E-state index >= 15 is 0 Å². The highest BCUT2D eigenvalue weighted by molar-refractivity contribution is 5.73. The summed E-state index contributed by atoms with van der Waals surface area (Å²) in [5.41, 5.74) is 0.521. The topological polar surface area (TPSA) is 92.5 Å². The zero-order chi connectivity index (χ0) is 13.7. The number of rotatable bonds is 6. The molecule has 0 heterocycles. The van der Waals surface area contributed by atoms with Gasteiger partial charge in [0.05, 0.1) is 4.92 Å². The SMILES string of the molecule is CCC(NC(C)C(=O)O)c1ccccc1[N+](=O)[O-]. The van der Waals surface area contributed by atoms with E-state index in [-0.39, 0.29) is 11.7 Å². The molecule has 0 amide bonds. The summed E-state index contributed by atoms with van der Waals surface area (Å²) < 4.78 is 0. The van der Waals surface area contributed by atoms with Crippen molar-refractivity contribution in [1.29, 1.82) is 0 Å². The number of carboxylic acid groups (broad SMARTS) is 1. The van der Waals surface area contributed by atoms with Gasteiger partial charge in [0.25, 0.3) is 5.69 Å². The molecule has 0 aromatic heterocycles. The summed E-state index contributed by atoms with van der Waals surface area (Å²) in [4.78, 5) is 21.3. The van der Waals surface area contributed by atoms with E-state index in [1.807, 2.05) is 6.92 Å². The van der Waals surface area contributed by atoms with Gasteiger partial charge in [0.2, 0.25) is 0 Å². The Kier molecular flexibility index (Phi) is 4.79. The number of carboxylic acids is 1. The van der Waals surface area contributed by atoms with Crippen molar-refractivity contribution in [2.45, 2.75) is 32.4 Å². The van der Waals surface area contributed by atoms with Crippen LogP contribution in [0.2, 0.25) is 0 Å². The van der Waals surface area contributed by atoms with Crippen molar-refractivity contribution >= 4 is 11.7 Å². The Morgan fingerprint density at radius 2 is 2.11 bits per heavy atom. The minimum absolute atomic E-state index is 0.00874. The number of hydrogen-bond donors (Lipinski definition) is 2. The maximum absolute atomic E-state index is 10.9. The maximum Gasteiger partial charge on any atom is 0.320 e. The number of nitro groups is 1. The number of nitro benzene ring substituents is 1. The average Bonchev–Trinajstić information content (AvgIpc) is 2.35. The van der Waals surface area contributed by atoms with Crippen LogP contribution in [0.25, 0.3) is 0 Å². The van der Waals surface area contributed by atoms with Crippen molar-refractivity contribution in [3.63, 3.8) is 0 Å². The minimum atomic E-state index is -0.980. The fraction of sp³-hybridized carbons (Fsp3) is 0.417. The molecule has 18 heavy (non-hydrogen) atoms. The number of carbonyl (C=O) groups is 1. The Hall–Kier alpha value is -1.95. The highest BCUT2D eigenvalue weighted by Crippen LogP contribution is 2.27. The van der Waals surface area contributed by atoms with Gasteiger partial charge >= 0.3 is 5.97 Å².